The van der Waals surface area contributed by atoms with Crippen molar-refractivity contribution in [3.05, 3.63) is 68.7 Å². The lowest BCUT2D eigenvalue weighted by molar-refractivity contribution is 0.0952. The summed E-state index contributed by atoms with van der Waals surface area (Å²) in [6.45, 7) is 5.75. The average Bonchev–Trinajstić information content (AvgIpc) is 3.17. The molecule has 2 heterocycles. The molecule has 1 amide bonds. The van der Waals surface area contributed by atoms with Gasteiger partial charge in [0.25, 0.3) is 5.91 Å². The molecule has 0 fully saturated rings. The number of benzene rings is 1. The standard InChI is InChI=1S/C19H21BrClN5O/c1-13-18(21)14(2)26(24-13)11-15-5-3-6-16(9-15)19(27)22-7-4-8-25-12-17(20)10-23-25/h3,5-6,9-10,12H,4,7-8,11H2,1-2H3,(H,22,27). The molecule has 0 aliphatic heterocycles. The molecule has 8 heteroatoms. The first kappa shape index (κ1) is 19.6. The Morgan fingerprint density at radius 3 is 2.81 bits per heavy atom. The highest BCUT2D eigenvalue weighted by atomic mass is 79.9. The molecule has 0 saturated heterocycles. The maximum atomic E-state index is 12.4. The van der Waals surface area contributed by atoms with Crippen molar-refractivity contribution in [3.63, 3.8) is 0 Å². The number of aryl methyl sites for hydroxylation is 2. The van der Waals surface area contributed by atoms with E-state index in [9.17, 15) is 4.79 Å². The molecule has 2 aromatic heterocycles. The Kier molecular flexibility index (Phi) is 6.34. The summed E-state index contributed by atoms with van der Waals surface area (Å²) in [5.41, 5.74) is 3.38. The van der Waals surface area contributed by atoms with Crippen LogP contribution in [0.4, 0.5) is 0 Å². The van der Waals surface area contributed by atoms with E-state index in [-0.39, 0.29) is 5.91 Å². The fraction of sp³-hybridized carbons (Fsp3) is 0.316. The molecule has 0 aliphatic rings. The summed E-state index contributed by atoms with van der Waals surface area (Å²) in [5.74, 6) is -0.0788. The van der Waals surface area contributed by atoms with Gasteiger partial charge in [-0.3, -0.25) is 14.2 Å². The summed E-state index contributed by atoms with van der Waals surface area (Å²) in [7, 11) is 0. The minimum absolute atomic E-state index is 0.0788. The summed E-state index contributed by atoms with van der Waals surface area (Å²) >= 11 is 9.57. The molecule has 0 spiro atoms. The van der Waals surface area contributed by atoms with Crippen molar-refractivity contribution >= 4 is 33.4 Å². The molecule has 3 aromatic rings. The highest BCUT2D eigenvalue weighted by Gasteiger charge is 2.11. The van der Waals surface area contributed by atoms with E-state index in [1.54, 1.807) is 6.20 Å². The Hall–Kier alpha value is -2.12. The Morgan fingerprint density at radius 2 is 2.15 bits per heavy atom. The molecule has 0 bridgehead atoms. The number of rotatable bonds is 7. The van der Waals surface area contributed by atoms with Gasteiger partial charge in [0.1, 0.15) is 0 Å². The molecule has 142 valence electrons. The van der Waals surface area contributed by atoms with Crippen LogP contribution in [0, 0.1) is 13.8 Å². The Morgan fingerprint density at radius 1 is 1.33 bits per heavy atom. The second-order valence-corrected chi connectivity index (χ2v) is 7.67. The minimum atomic E-state index is -0.0788. The highest BCUT2D eigenvalue weighted by molar-refractivity contribution is 9.10. The molecule has 1 aromatic carbocycles. The highest BCUT2D eigenvalue weighted by Crippen LogP contribution is 2.20. The second-order valence-electron chi connectivity index (χ2n) is 6.37. The van der Waals surface area contributed by atoms with Crippen LogP contribution in [0.15, 0.2) is 41.1 Å². The van der Waals surface area contributed by atoms with E-state index in [1.165, 1.54) is 0 Å². The van der Waals surface area contributed by atoms with Gasteiger partial charge in [0.05, 0.1) is 33.6 Å². The molecule has 0 radical (unpaired) electrons. The first-order chi connectivity index (χ1) is 12.9. The molecule has 27 heavy (non-hydrogen) atoms. The van der Waals surface area contributed by atoms with Crippen LogP contribution < -0.4 is 5.32 Å². The van der Waals surface area contributed by atoms with Gasteiger partial charge in [-0.05, 0) is 53.9 Å². The maximum Gasteiger partial charge on any atom is 0.251 e. The largest absolute Gasteiger partial charge is 0.352 e. The lowest BCUT2D eigenvalue weighted by Gasteiger charge is -2.08. The normalized spacial score (nSPS) is 11.0. The Balaban J connectivity index is 1.55. The summed E-state index contributed by atoms with van der Waals surface area (Å²) in [4.78, 5) is 12.4. The third-order valence-corrected chi connectivity index (χ3v) is 5.22. The molecular formula is C19H21BrClN5O. The van der Waals surface area contributed by atoms with Crippen LogP contribution >= 0.6 is 27.5 Å². The van der Waals surface area contributed by atoms with E-state index in [1.807, 2.05) is 53.7 Å². The average molecular weight is 451 g/mol. The van der Waals surface area contributed by atoms with Crippen LogP contribution in [0.2, 0.25) is 5.02 Å². The molecular weight excluding hydrogens is 430 g/mol. The van der Waals surface area contributed by atoms with Crippen molar-refractivity contribution in [2.45, 2.75) is 33.4 Å². The monoisotopic (exact) mass is 449 g/mol. The number of hydrogen-bond donors (Lipinski definition) is 1. The minimum Gasteiger partial charge on any atom is -0.352 e. The number of carbonyl (C=O) groups excluding carboxylic acids is 1. The molecule has 0 saturated carbocycles. The van der Waals surface area contributed by atoms with E-state index < -0.39 is 0 Å². The lowest BCUT2D eigenvalue weighted by atomic mass is 10.1. The van der Waals surface area contributed by atoms with Crippen LogP contribution in [0.5, 0.6) is 0 Å². The van der Waals surface area contributed by atoms with Crippen LogP contribution in [-0.2, 0) is 13.1 Å². The summed E-state index contributed by atoms with van der Waals surface area (Å²) < 4.78 is 4.65. The molecule has 1 N–H and O–H groups in total. The van der Waals surface area contributed by atoms with Crippen LogP contribution in [-0.4, -0.2) is 32.0 Å². The molecule has 6 nitrogen and oxygen atoms in total. The van der Waals surface area contributed by atoms with Crippen molar-refractivity contribution in [1.29, 1.82) is 0 Å². The van der Waals surface area contributed by atoms with Crippen molar-refractivity contribution in [3.8, 4) is 0 Å². The quantitative estimate of drug-likeness (QED) is 0.554. The van der Waals surface area contributed by atoms with Crippen molar-refractivity contribution in [1.82, 2.24) is 24.9 Å². The van der Waals surface area contributed by atoms with E-state index in [0.29, 0.717) is 23.7 Å². The van der Waals surface area contributed by atoms with E-state index in [0.717, 1.165) is 34.4 Å². The fourth-order valence-electron chi connectivity index (χ4n) is 2.82. The first-order valence-corrected chi connectivity index (χ1v) is 9.85. The van der Waals surface area contributed by atoms with Gasteiger partial charge >= 0.3 is 0 Å². The SMILES string of the molecule is Cc1nn(Cc2cccc(C(=O)NCCCn3cc(Br)cn3)c2)c(C)c1Cl. The van der Waals surface area contributed by atoms with Crippen LogP contribution in [0.25, 0.3) is 0 Å². The number of aromatic nitrogens is 4. The Labute approximate surface area is 171 Å². The lowest BCUT2D eigenvalue weighted by Crippen LogP contribution is -2.25. The molecule has 0 atom stereocenters. The number of hydrogen-bond acceptors (Lipinski definition) is 3. The van der Waals surface area contributed by atoms with Gasteiger partial charge in [-0.25, -0.2) is 0 Å². The zero-order valence-electron chi connectivity index (χ0n) is 15.2. The zero-order chi connectivity index (χ0) is 19.4. The number of nitrogens with zero attached hydrogens (tertiary/aromatic N) is 4. The number of carbonyl (C=O) groups is 1. The smallest absolute Gasteiger partial charge is 0.251 e. The zero-order valence-corrected chi connectivity index (χ0v) is 17.6. The number of amides is 1. The number of nitrogens with one attached hydrogen (secondary N) is 1. The fourth-order valence-corrected chi connectivity index (χ4v) is 3.28. The van der Waals surface area contributed by atoms with Gasteiger partial charge in [0.15, 0.2) is 0 Å². The van der Waals surface area contributed by atoms with Gasteiger partial charge in [0.2, 0.25) is 0 Å². The summed E-state index contributed by atoms with van der Waals surface area (Å²) in [6.07, 6.45) is 4.47. The number of halogens is 2. The van der Waals surface area contributed by atoms with E-state index >= 15 is 0 Å². The predicted octanol–water partition coefficient (Wildman–Crippen LogP) is 3.98. The first-order valence-electron chi connectivity index (χ1n) is 8.68. The topological polar surface area (TPSA) is 64.7 Å². The molecule has 0 aliphatic carbocycles. The van der Waals surface area contributed by atoms with Gasteiger partial charge in [-0.15, -0.1) is 0 Å². The van der Waals surface area contributed by atoms with Gasteiger partial charge in [-0.1, -0.05) is 23.7 Å². The predicted molar refractivity (Wildman–Crippen MR) is 109 cm³/mol. The third-order valence-electron chi connectivity index (χ3n) is 4.27. The van der Waals surface area contributed by atoms with E-state index in [4.69, 9.17) is 11.6 Å². The van der Waals surface area contributed by atoms with Gasteiger partial charge in [0, 0.05) is 24.8 Å². The third kappa shape index (κ3) is 4.99. The molecule has 0 unspecified atom stereocenters. The van der Waals surface area contributed by atoms with Crippen molar-refractivity contribution < 1.29 is 4.79 Å². The van der Waals surface area contributed by atoms with Crippen molar-refractivity contribution in [2.24, 2.45) is 0 Å². The summed E-state index contributed by atoms with van der Waals surface area (Å²) in [6, 6.07) is 7.58. The Bertz CT molecular complexity index is 949. The van der Waals surface area contributed by atoms with Crippen LogP contribution in [0.3, 0.4) is 0 Å². The van der Waals surface area contributed by atoms with Gasteiger partial charge in [-0.2, -0.15) is 10.2 Å². The van der Waals surface area contributed by atoms with Gasteiger partial charge < -0.3 is 5.32 Å². The maximum absolute atomic E-state index is 12.4. The molecule has 3 rings (SSSR count). The van der Waals surface area contributed by atoms with Crippen LogP contribution in [0.1, 0.15) is 33.7 Å². The summed E-state index contributed by atoms with van der Waals surface area (Å²) in [5, 5.41) is 12.3. The van der Waals surface area contributed by atoms with Crippen molar-refractivity contribution in [2.75, 3.05) is 6.54 Å². The van der Waals surface area contributed by atoms with E-state index in [2.05, 4.69) is 31.4 Å². The second kappa shape index (κ2) is 8.71.